The van der Waals surface area contributed by atoms with Gasteiger partial charge in [-0.1, -0.05) is 44.2 Å². The van der Waals surface area contributed by atoms with E-state index >= 15 is 0 Å². The molecule has 1 atom stereocenters. The highest BCUT2D eigenvalue weighted by Crippen LogP contribution is 2.14. The van der Waals surface area contributed by atoms with Gasteiger partial charge in [0.25, 0.3) is 0 Å². The van der Waals surface area contributed by atoms with Crippen LogP contribution in [0.5, 0.6) is 0 Å². The molecule has 0 spiro atoms. The van der Waals surface area contributed by atoms with Gasteiger partial charge >= 0.3 is 0 Å². The van der Waals surface area contributed by atoms with Gasteiger partial charge in [-0.25, -0.2) is 0 Å². The summed E-state index contributed by atoms with van der Waals surface area (Å²) in [6.07, 6.45) is 6.30. The van der Waals surface area contributed by atoms with Crippen LogP contribution in [-0.4, -0.2) is 22.9 Å². The first-order chi connectivity index (χ1) is 10.1. The molecule has 0 amide bonds. The lowest BCUT2D eigenvalue weighted by Crippen LogP contribution is -2.28. The number of nitrogens with one attached hydrogen (secondary N) is 1. The van der Waals surface area contributed by atoms with E-state index in [4.69, 9.17) is 0 Å². The van der Waals surface area contributed by atoms with E-state index in [1.165, 1.54) is 11.1 Å². The minimum atomic E-state index is 0.607. The van der Waals surface area contributed by atoms with E-state index < -0.39 is 0 Å². The van der Waals surface area contributed by atoms with Crippen molar-refractivity contribution >= 4 is 0 Å². The van der Waals surface area contributed by atoms with Crippen LogP contribution in [0, 0.1) is 11.8 Å². The minimum absolute atomic E-state index is 0.607. The van der Waals surface area contributed by atoms with Gasteiger partial charge in [0.2, 0.25) is 0 Å². The summed E-state index contributed by atoms with van der Waals surface area (Å²) in [5, 5.41) is 7.89. The predicted molar refractivity (Wildman–Crippen MR) is 88.3 cm³/mol. The number of nitrogens with zero attached hydrogens (tertiary/aromatic N) is 2. The Hall–Kier alpha value is -1.61. The van der Waals surface area contributed by atoms with E-state index in [2.05, 4.69) is 60.8 Å². The average molecular weight is 285 g/mol. The highest BCUT2D eigenvalue weighted by molar-refractivity contribution is 5.16. The van der Waals surface area contributed by atoms with Crippen molar-refractivity contribution in [3.8, 4) is 0 Å². The molecule has 0 fully saturated rings. The maximum atomic E-state index is 4.28. The lowest BCUT2D eigenvalue weighted by atomic mass is 9.93. The number of rotatable bonds is 8. The molecule has 0 aliphatic rings. The maximum absolute atomic E-state index is 4.28. The Morgan fingerprint density at radius 3 is 2.38 bits per heavy atom. The fourth-order valence-corrected chi connectivity index (χ4v) is 2.65. The van der Waals surface area contributed by atoms with Gasteiger partial charge in [0.1, 0.15) is 0 Å². The summed E-state index contributed by atoms with van der Waals surface area (Å²) in [6, 6.07) is 10.8. The van der Waals surface area contributed by atoms with Crippen molar-refractivity contribution in [3.05, 3.63) is 53.9 Å². The molecule has 2 aromatic rings. The molecule has 1 heterocycles. The molecule has 1 aromatic heterocycles. The van der Waals surface area contributed by atoms with Crippen LogP contribution < -0.4 is 5.32 Å². The third-order valence-electron chi connectivity index (χ3n) is 3.64. The molecule has 3 heteroatoms. The first-order valence-corrected chi connectivity index (χ1v) is 7.85. The molecule has 3 nitrogen and oxygen atoms in total. The molecule has 21 heavy (non-hydrogen) atoms. The van der Waals surface area contributed by atoms with Gasteiger partial charge in [-0.05, 0) is 48.9 Å². The third-order valence-corrected chi connectivity index (χ3v) is 3.64. The van der Waals surface area contributed by atoms with Gasteiger partial charge in [-0.3, -0.25) is 4.68 Å². The second-order valence-electron chi connectivity index (χ2n) is 6.33. The lowest BCUT2D eigenvalue weighted by molar-refractivity contribution is 0.445. The standard InChI is InChI=1S/C18H27N3/c1-15(2)11-19-12-17(9-16-7-5-4-6-8-16)10-18-13-20-21(3)14-18/h4-8,13-15,17,19H,9-12H2,1-3H3. The third kappa shape index (κ3) is 5.72. The zero-order valence-electron chi connectivity index (χ0n) is 13.4. The Bertz CT molecular complexity index is 516. The van der Waals surface area contributed by atoms with Crippen LogP contribution in [0.15, 0.2) is 42.7 Å². The quantitative estimate of drug-likeness (QED) is 0.808. The van der Waals surface area contributed by atoms with Gasteiger partial charge in [0.05, 0.1) is 6.20 Å². The van der Waals surface area contributed by atoms with Crippen LogP contribution in [0.2, 0.25) is 0 Å². The molecule has 1 aromatic carbocycles. The summed E-state index contributed by atoms with van der Waals surface area (Å²) in [7, 11) is 1.98. The molecule has 114 valence electrons. The van der Waals surface area contributed by atoms with Crippen molar-refractivity contribution in [2.24, 2.45) is 18.9 Å². The van der Waals surface area contributed by atoms with Gasteiger partial charge in [0, 0.05) is 13.2 Å². The van der Waals surface area contributed by atoms with Crippen molar-refractivity contribution in [1.82, 2.24) is 15.1 Å². The molecule has 0 bridgehead atoms. The van der Waals surface area contributed by atoms with E-state index in [0.29, 0.717) is 11.8 Å². The fraction of sp³-hybridized carbons (Fsp3) is 0.500. The Morgan fingerprint density at radius 1 is 1.05 bits per heavy atom. The number of hydrogen-bond acceptors (Lipinski definition) is 2. The number of benzene rings is 1. The molecular formula is C18H27N3. The highest BCUT2D eigenvalue weighted by atomic mass is 15.2. The number of hydrogen-bond donors (Lipinski definition) is 1. The van der Waals surface area contributed by atoms with Crippen molar-refractivity contribution in [3.63, 3.8) is 0 Å². The molecule has 0 aliphatic carbocycles. The summed E-state index contributed by atoms with van der Waals surface area (Å²) < 4.78 is 1.89. The lowest BCUT2D eigenvalue weighted by Gasteiger charge is -2.18. The smallest absolute Gasteiger partial charge is 0.0521 e. The van der Waals surface area contributed by atoms with Crippen LogP contribution in [0.1, 0.15) is 25.0 Å². The van der Waals surface area contributed by atoms with Crippen LogP contribution in [0.3, 0.4) is 0 Å². The van der Waals surface area contributed by atoms with Crippen molar-refractivity contribution in [2.45, 2.75) is 26.7 Å². The molecule has 2 rings (SSSR count). The van der Waals surface area contributed by atoms with Gasteiger partial charge in [-0.15, -0.1) is 0 Å². The number of aryl methyl sites for hydroxylation is 1. The molecule has 1 unspecified atom stereocenters. The molecular weight excluding hydrogens is 258 g/mol. The van der Waals surface area contributed by atoms with Crippen molar-refractivity contribution in [1.29, 1.82) is 0 Å². The largest absolute Gasteiger partial charge is 0.316 e. The normalized spacial score (nSPS) is 12.8. The molecule has 1 N–H and O–H groups in total. The topological polar surface area (TPSA) is 29.9 Å². The summed E-state index contributed by atoms with van der Waals surface area (Å²) >= 11 is 0. The molecule has 0 saturated heterocycles. The summed E-state index contributed by atoms with van der Waals surface area (Å²) in [6.45, 7) is 6.64. The van der Waals surface area contributed by atoms with E-state index in [1.54, 1.807) is 0 Å². The SMILES string of the molecule is CC(C)CNCC(Cc1ccccc1)Cc1cnn(C)c1. The Kier molecular flexibility index (Phi) is 6.00. The van der Waals surface area contributed by atoms with E-state index in [-0.39, 0.29) is 0 Å². The van der Waals surface area contributed by atoms with Gasteiger partial charge in [-0.2, -0.15) is 5.10 Å². The van der Waals surface area contributed by atoms with E-state index in [1.807, 2.05) is 17.9 Å². The molecule has 0 radical (unpaired) electrons. The second-order valence-corrected chi connectivity index (χ2v) is 6.33. The Morgan fingerprint density at radius 2 is 1.76 bits per heavy atom. The summed E-state index contributed by atoms with van der Waals surface area (Å²) in [5.74, 6) is 1.30. The van der Waals surface area contributed by atoms with Crippen LogP contribution in [0.25, 0.3) is 0 Å². The fourth-order valence-electron chi connectivity index (χ4n) is 2.65. The van der Waals surface area contributed by atoms with Crippen LogP contribution >= 0.6 is 0 Å². The zero-order chi connectivity index (χ0) is 15.1. The second kappa shape index (κ2) is 7.99. The maximum Gasteiger partial charge on any atom is 0.0521 e. The average Bonchev–Trinajstić information content (AvgIpc) is 2.85. The van der Waals surface area contributed by atoms with Gasteiger partial charge in [0.15, 0.2) is 0 Å². The van der Waals surface area contributed by atoms with Crippen LogP contribution in [0.4, 0.5) is 0 Å². The van der Waals surface area contributed by atoms with Crippen molar-refractivity contribution < 1.29 is 0 Å². The predicted octanol–water partition coefficient (Wildman–Crippen LogP) is 3.07. The minimum Gasteiger partial charge on any atom is -0.316 e. The summed E-state index contributed by atoms with van der Waals surface area (Å²) in [5.41, 5.74) is 2.74. The Labute approximate surface area is 128 Å². The number of aromatic nitrogens is 2. The summed E-state index contributed by atoms with van der Waals surface area (Å²) in [4.78, 5) is 0. The first kappa shape index (κ1) is 15.8. The molecule has 0 aliphatic heterocycles. The van der Waals surface area contributed by atoms with Gasteiger partial charge < -0.3 is 5.32 Å². The van der Waals surface area contributed by atoms with Crippen molar-refractivity contribution in [2.75, 3.05) is 13.1 Å². The van der Waals surface area contributed by atoms with E-state index in [9.17, 15) is 0 Å². The zero-order valence-corrected chi connectivity index (χ0v) is 13.4. The Balaban J connectivity index is 1.95. The monoisotopic (exact) mass is 285 g/mol. The molecule has 0 saturated carbocycles. The van der Waals surface area contributed by atoms with Crippen LogP contribution in [-0.2, 0) is 19.9 Å². The van der Waals surface area contributed by atoms with E-state index in [0.717, 1.165) is 25.9 Å². The highest BCUT2D eigenvalue weighted by Gasteiger charge is 2.12. The first-order valence-electron chi connectivity index (χ1n) is 7.85.